The molecule has 1 aliphatic rings. The fraction of sp³-hybridized carbons (Fsp3) is 0.0952. The Morgan fingerprint density at radius 1 is 0.808 bits per heavy atom. The molecule has 5 heteroatoms. The number of nitrogens with zero attached hydrogens (tertiary/aromatic N) is 4. The maximum atomic E-state index is 6.26. The summed E-state index contributed by atoms with van der Waals surface area (Å²) >= 11 is 6.26. The van der Waals surface area contributed by atoms with Crippen molar-refractivity contribution >= 4 is 39.0 Å². The minimum Gasteiger partial charge on any atom is -0.278 e. The van der Waals surface area contributed by atoms with Crippen molar-refractivity contribution < 1.29 is 0 Å². The molecule has 0 amide bonds. The number of aromatic nitrogens is 4. The highest BCUT2D eigenvalue weighted by molar-refractivity contribution is 6.28. The van der Waals surface area contributed by atoms with Gasteiger partial charge in [-0.15, -0.1) is 0 Å². The van der Waals surface area contributed by atoms with E-state index in [2.05, 4.69) is 51.0 Å². The molecule has 4 nitrogen and oxygen atoms in total. The summed E-state index contributed by atoms with van der Waals surface area (Å²) < 4.78 is 2.05. The first-order valence-corrected chi connectivity index (χ1v) is 8.96. The van der Waals surface area contributed by atoms with Gasteiger partial charge in [0.15, 0.2) is 5.82 Å². The second-order valence-electron chi connectivity index (χ2n) is 6.24. The second kappa shape index (κ2) is 6.07. The Balaban J connectivity index is 1.81. The molecule has 0 bridgehead atoms. The molecule has 0 atom stereocenters. The molecule has 26 heavy (non-hydrogen) atoms. The standard InChI is InChI=1S/C21H15ClN4/c22-20-23-19(14-8-2-1-3-9-14)24-21(25-20)26-17-12-6-4-10-15(17)16-11-5-7-13-18(16)26/h2,4-13H,1,3H2. The Labute approximate surface area is 155 Å². The summed E-state index contributed by atoms with van der Waals surface area (Å²) in [6, 6.07) is 16.5. The molecule has 5 rings (SSSR count). The number of rotatable bonds is 2. The molecule has 2 aromatic carbocycles. The predicted molar refractivity (Wildman–Crippen MR) is 106 cm³/mol. The normalized spacial score (nSPS) is 14.1. The van der Waals surface area contributed by atoms with Crippen LogP contribution in [-0.2, 0) is 0 Å². The average Bonchev–Trinajstić information content (AvgIpc) is 3.03. The fourth-order valence-electron chi connectivity index (χ4n) is 3.49. The van der Waals surface area contributed by atoms with Crippen molar-refractivity contribution in [2.24, 2.45) is 0 Å². The van der Waals surface area contributed by atoms with Crippen molar-refractivity contribution in [1.82, 2.24) is 19.5 Å². The lowest BCUT2D eigenvalue weighted by molar-refractivity contribution is 0.921. The molecule has 0 saturated carbocycles. The minimum atomic E-state index is 0.201. The molecule has 126 valence electrons. The summed E-state index contributed by atoms with van der Waals surface area (Å²) in [5, 5.41) is 2.53. The van der Waals surface area contributed by atoms with Crippen LogP contribution in [0.15, 0.2) is 66.8 Å². The first-order valence-electron chi connectivity index (χ1n) is 8.58. The van der Waals surface area contributed by atoms with Crippen LogP contribution in [0.4, 0.5) is 0 Å². The lowest BCUT2D eigenvalue weighted by atomic mass is 10.1. The van der Waals surface area contributed by atoms with Gasteiger partial charge < -0.3 is 0 Å². The highest BCUT2D eigenvalue weighted by Gasteiger charge is 2.16. The average molecular weight is 359 g/mol. The zero-order valence-corrected chi connectivity index (χ0v) is 14.7. The predicted octanol–water partition coefficient (Wildman–Crippen LogP) is 5.36. The van der Waals surface area contributed by atoms with Crippen LogP contribution < -0.4 is 0 Å². The molecule has 0 fully saturated rings. The number of fused-ring (bicyclic) bond motifs is 3. The van der Waals surface area contributed by atoms with Crippen LogP contribution in [0.3, 0.4) is 0 Å². The topological polar surface area (TPSA) is 43.6 Å². The molecule has 0 spiro atoms. The zero-order chi connectivity index (χ0) is 17.5. The van der Waals surface area contributed by atoms with E-state index in [0.29, 0.717) is 11.8 Å². The van der Waals surface area contributed by atoms with E-state index in [1.807, 2.05) is 30.3 Å². The number of hydrogen-bond donors (Lipinski definition) is 0. The number of benzene rings is 2. The molecule has 1 aliphatic carbocycles. The molecule has 2 heterocycles. The zero-order valence-electron chi connectivity index (χ0n) is 13.9. The van der Waals surface area contributed by atoms with Gasteiger partial charge in [0.1, 0.15) is 0 Å². The monoisotopic (exact) mass is 358 g/mol. The maximum absolute atomic E-state index is 6.26. The van der Waals surface area contributed by atoms with Gasteiger partial charge >= 0.3 is 0 Å². The van der Waals surface area contributed by atoms with Gasteiger partial charge in [-0.1, -0.05) is 54.6 Å². The Morgan fingerprint density at radius 3 is 2.15 bits per heavy atom. The van der Waals surface area contributed by atoms with E-state index < -0.39 is 0 Å². The van der Waals surface area contributed by atoms with Gasteiger partial charge in [-0.3, -0.25) is 4.57 Å². The van der Waals surface area contributed by atoms with Crippen molar-refractivity contribution in [2.45, 2.75) is 12.8 Å². The van der Waals surface area contributed by atoms with Crippen LogP contribution in [0.5, 0.6) is 0 Å². The number of halogens is 1. The van der Waals surface area contributed by atoms with Crippen molar-refractivity contribution in [3.63, 3.8) is 0 Å². The molecule has 0 aliphatic heterocycles. The van der Waals surface area contributed by atoms with Crippen LogP contribution in [-0.4, -0.2) is 19.5 Å². The quantitative estimate of drug-likeness (QED) is 0.484. The first-order chi connectivity index (χ1) is 12.8. The number of hydrogen-bond acceptors (Lipinski definition) is 3. The summed E-state index contributed by atoms with van der Waals surface area (Å²) in [6.45, 7) is 0. The van der Waals surface area contributed by atoms with Gasteiger partial charge in [-0.25, -0.2) is 0 Å². The van der Waals surface area contributed by atoms with Crippen LogP contribution >= 0.6 is 11.6 Å². The van der Waals surface area contributed by atoms with Gasteiger partial charge in [0.25, 0.3) is 0 Å². The van der Waals surface area contributed by atoms with Gasteiger partial charge in [0, 0.05) is 16.3 Å². The molecule has 0 N–H and O–H groups in total. The molecule has 4 aromatic rings. The summed E-state index contributed by atoms with van der Waals surface area (Å²) in [5.41, 5.74) is 3.09. The van der Waals surface area contributed by atoms with Gasteiger partial charge in [0.2, 0.25) is 11.2 Å². The fourth-order valence-corrected chi connectivity index (χ4v) is 3.64. The van der Waals surface area contributed by atoms with E-state index in [1.54, 1.807) is 0 Å². The third-order valence-electron chi connectivity index (χ3n) is 4.63. The summed E-state index contributed by atoms with van der Waals surface area (Å²) in [4.78, 5) is 13.5. The Bertz CT molecular complexity index is 1150. The van der Waals surface area contributed by atoms with Gasteiger partial charge in [-0.05, 0) is 36.6 Å². The third-order valence-corrected chi connectivity index (χ3v) is 4.80. The minimum absolute atomic E-state index is 0.201. The SMILES string of the molecule is Clc1nc(C2=CCCC=C2)nc(-n2c3ccccc3c3ccccc32)n1. The molecule has 0 unspecified atom stereocenters. The highest BCUT2D eigenvalue weighted by atomic mass is 35.5. The van der Waals surface area contributed by atoms with Crippen LogP contribution in [0.25, 0.3) is 33.3 Å². The molecule has 0 radical (unpaired) electrons. The van der Waals surface area contributed by atoms with E-state index in [4.69, 9.17) is 16.6 Å². The molecule has 0 saturated heterocycles. The Hall–Kier alpha value is -2.98. The second-order valence-corrected chi connectivity index (χ2v) is 6.58. The third kappa shape index (κ3) is 2.42. The largest absolute Gasteiger partial charge is 0.278 e. The van der Waals surface area contributed by atoms with Crippen LogP contribution in [0, 0.1) is 0 Å². The van der Waals surface area contributed by atoms with E-state index >= 15 is 0 Å². The van der Waals surface area contributed by atoms with Gasteiger partial charge in [0.05, 0.1) is 11.0 Å². The highest BCUT2D eigenvalue weighted by Crippen LogP contribution is 2.31. The number of allylic oxidation sites excluding steroid dienone is 4. The lowest BCUT2D eigenvalue weighted by Crippen LogP contribution is -2.06. The summed E-state index contributed by atoms with van der Waals surface area (Å²) in [7, 11) is 0. The van der Waals surface area contributed by atoms with E-state index in [9.17, 15) is 0 Å². The van der Waals surface area contributed by atoms with E-state index in [-0.39, 0.29) is 5.28 Å². The van der Waals surface area contributed by atoms with Crippen LogP contribution in [0.2, 0.25) is 5.28 Å². The van der Waals surface area contributed by atoms with Gasteiger partial charge in [-0.2, -0.15) is 15.0 Å². The van der Waals surface area contributed by atoms with E-state index in [0.717, 1.165) is 40.2 Å². The Morgan fingerprint density at radius 2 is 1.50 bits per heavy atom. The maximum Gasteiger partial charge on any atom is 0.239 e. The van der Waals surface area contributed by atoms with Crippen molar-refractivity contribution in [2.75, 3.05) is 0 Å². The molecular weight excluding hydrogens is 344 g/mol. The summed E-state index contributed by atoms with van der Waals surface area (Å²) in [6.07, 6.45) is 8.35. The van der Waals surface area contributed by atoms with Crippen molar-refractivity contribution in [1.29, 1.82) is 0 Å². The van der Waals surface area contributed by atoms with E-state index in [1.165, 1.54) is 0 Å². The lowest BCUT2D eigenvalue weighted by Gasteiger charge is -2.10. The molecular formula is C21H15ClN4. The first kappa shape index (κ1) is 15.3. The van der Waals surface area contributed by atoms with Crippen molar-refractivity contribution in [3.8, 4) is 5.95 Å². The van der Waals surface area contributed by atoms with Crippen LogP contribution in [0.1, 0.15) is 18.7 Å². The summed E-state index contributed by atoms with van der Waals surface area (Å²) in [5.74, 6) is 1.15. The smallest absolute Gasteiger partial charge is 0.239 e. The molecule has 2 aromatic heterocycles. The number of para-hydroxylation sites is 2. The van der Waals surface area contributed by atoms with Crippen molar-refractivity contribution in [3.05, 3.63) is 77.9 Å². The Kier molecular flexibility index (Phi) is 3.57.